The van der Waals surface area contributed by atoms with Crippen molar-refractivity contribution >= 4 is 11.7 Å². The molecule has 1 amide bonds. The highest BCUT2D eigenvalue weighted by Gasteiger charge is 2.40. The van der Waals surface area contributed by atoms with Crippen LogP contribution in [0.4, 0.5) is 26.3 Å². The van der Waals surface area contributed by atoms with Crippen LogP contribution in [0.2, 0.25) is 0 Å². The Morgan fingerprint density at radius 3 is 2.57 bits per heavy atom. The zero-order valence-corrected chi connectivity index (χ0v) is 14.3. The standard InChI is InChI=1S/C16H14F6N4O2/c17-10-6-12(19)11(18)4-8(10)3-9(27)5-14(28)25-1-2-26-13(7-25)23-24-15(26)16(20,21)22/h4,12H,1-3,5-7H2. The highest BCUT2D eigenvalue weighted by atomic mass is 19.4. The molecule has 0 saturated heterocycles. The third-order valence-electron chi connectivity index (χ3n) is 4.41. The molecule has 0 spiro atoms. The highest BCUT2D eigenvalue weighted by Crippen LogP contribution is 2.31. The molecule has 1 aromatic heterocycles. The minimum atomic E-state index is -4.67. The van der Waals surface area contributed by atoms with E-state index in [1.54, 1.807) is 0 Å². The van der Waals surface area contributed by atoms with Crippen molar-refractivity contribution in [2.45, 2.75) is 44.7 Å². The van der Waals surface area contributed by atoms with E-state index in [4.69, 9.17) is 0 Å². The summed E-state index contributed by atoms with van der Waals surface area (Å²) < 4.78 is 79.2. The highest BCUT2D eigenvalue weighted by molar-refractivity contribution is 5.99. The summed E-state index contributed by atoms with van der Waals surface area (Å²) in [7, 11) is 0. The van der Waals surface area contributed by atoms with E-state index in [9.17, 15) is 35.9 Å². The number of alkyl halides is 4. The largest absolute Gasteiger partial charge is 0.451 e. The number of ketones is 1. The molecule has 1 aromatic rings. The molecule has 1 atom stereocenters. The van der Waals surface area contributed by atoms with Gasteiger partial charge in [0.15, 0.2) is 12.0 Å². The molecule has 6 nitrogen and oxygen atoms in total. The summed E-state index contributed by atoms with van der Waals surface area (Å²) in [5, 5.41) is 6.51. The van der Waals surface area contributed by atoms with Crippen molar-refractivity contribution in [2.24, 2.45) is 0 Å². The van der Waals surface area contributed by atoms with Crippen LogP contribution in [-0.2, 0) is 28.9 Å². The van der Waals surface area contributed by atoms with E-state index in [2.05, 4.69) is 10.2 Å². The Bertz CT molecular complexity index is 873. The van der Waals surface area contributed by atoms with Crippen LogP contribution in [0.3, 0.4) is 0 Å². The van der Waals surface area contributed by atoms with Crippen molar-refractivity contribution in [3.63, 3.8) is 0 Å². The second-order valence-electron chi connectivity index (χ2n) is 6.43. The van der Waals surface area contributed by atoms with Crippen molar-refractivity contribution in [2.75, 3.05) is 6.54 Å². The summed E-state index contributed by atoms with van der Waals surface area (Å²) in [5.74, 6) is -4.78. The zero-order valence-electron chi connectivity index (χ0n) is 14.3. The first-order valence-corrected chi connectivity index (χ1v) is 8.23. The average Bonchev–Trinajstić information content (AvgIpc) is 3.03. The third kappa shape index (κ3) is 4.09. The lowest BCUT2D eigenvalue weighted by Gasteiger charge is -2.28. The minimum absolute atomic E-state index is 0.0700. The van der Waals surface area contributed by atoms with Crippen LogP contribution in [0.1, 0.15) is 30.9 Å². The van der Waals surface area contributed by atoms with Crippen molar-refractivity contribution in [1.82, 2.24) is 19.7 Å². The molecule has 0 N–H and O–H groups in total. The lowest BCUT2D eigenvalue weighted by molar-refractivity contribution is -0.148. The molecule has 0 fully saturated rings. The summed E-state index contributed by atoms with van der Waals surface area (Å²) in [4.78, 5) is 25.4. The van der Waals surface area contributed by atoms with Gasteiger partial charge >= 0.3 is 6.18 Å². The second-order valence-corrected chi connectivity index (χ2v) is 6.43. The maximum Gasteiger partial charge on any atom is 0.451 e. The van der Waals surface area contributed by atoms with Gasteiger partial charge in [0.1, 0.15) is 17.4 Å². The smallest absolute Gasteiger partial charge is 0.333 e. The van der Waals surface area contributed by atoms with Crippen molar-refractivity contribution in [3.05, 3.63) is 35.0 Å². The monoisotopic (exact) mass is 408 g/mol. The predicted octanol–water partition coefficient (Wildman–Crippen LogP) is 2.81. The number of rotatable bonds is 4. The zero-order chi connectivity index (χ0) is 20.6. The number of hydrogen-bond acceptors (Lipinski definition) is 4. The Hall–Kier alpha value is -2.66. The van der Waals surface area contributed by atoms with Crippen LogP contribution < -0.4 is 0 Å². The number of allylic oxidation sites excluding steroid dienone is 4. The lowest BCUT2D eigenvalue weighted by Crippen LogP contribution is -2.40. The van der Waals surface area contributed by atoms with Crippen LogP contribution in [0.15, 0.2) is 23.3 Å². The lowest BCUT2D eigenvalue weighted by atomic mass is 9.98. The van der Waals surface area contributed by atoms with Gasteiger partial charge in [-0.25, -0.2) is 13.2 Å². The first kappa shape index (κ1) is 20.1. The molecular formula is C16H14F6N4O2. The number of fused-ring (bicyclic) bond motifs is 1. The fourth-order valence-corrected chi connectivity index (χ4v) is 3.00. The summed E-state index contributed by atoms with van der Waals surface area (Å²) in [6.07, 6.45) is -8.19. The maximum absolute atomic E-state index is 13.7. The molecule has 152 valence electrons. The normalized spacial score (nSPS) is 20.1. The van der Waals surface area contributed by atoms with E-state index in [0.717, 1.165) is 9.47 Å². The Morgan fingerprint density at radius 1 is 1.18 bits per heavy atom. The van der Waals surface area contributed by atoms with Crippen molar-refractivity contribution in [1.29, 1.82) is 0 Å². The first-order chi connectivity index (χ1) is 13.1. The van der Waals surface area contributed by atoms with Gasteiger partial charge in [-0.2, -0.15) is 13.2 Å². The van der Waals surface area contributed by atoms with Gasteiger partial charge in [-0.15, -0.1) is 10.2 Å². The van der Waals surface area contributed by atoms with Crippen LogP contribution in [0, 0.1) is 0 Å². The van der Waals surface area contributed by atoms with E-state index in [-0.39, 0.29) is 31.0 Å². The molecule has 1 aliphatic heterocycles. The fraction of sp³-hybridized carbons (Fsp3) is 0.500. The topological polar surface area (TPSA) is 68.1 Å². The second kappa shape index (κ2) is 7.40. The number of hydrogen-bond donors (Lipinski definition) is 0. The van der Waals surface area contributed by atoms with Gasteiger partial charge in [-0.3, -0.25) is 9.59 Å². The summed E-state index contributed by atoms with van der Waals surface area (Å²) >= 11 is 0. The molecule has 0 bridgehead atoms. The Morgan fingerprint density at radius 2 is 1.89 bits per heavy atom. The molecule has 2 aliphatic rings. The molecule has 1 unspecified atom stereocenters. The number of carbonyl (C=O) groups excluding carboxylic acids is 2. The van der Waals surface area contributed by atoms with Gasteiger partial charge in [-0.05, 0) is 11.6 Å². The SMILES string of the molecule is O=C(CC(=O)N1CCn2c(nnc2C(F)(F)F)C1)CC1=C(F)CC(F)C(F)=C1. The van der Waals surface area contributed by atoms with Gasteiger partial charge in [0.05, 0.1) is 13.0 Å². The molecular weight excluding hydrogens is 394 g/mol. The summed E-state index contributed by atoms with van der Waals surface area (Å²) in [6.45, 7) is -0.539. The molecule has 1 aliphatic carbocycles. The van der Waals surface area contributed by atoms with E-state index in [0.29, 0.717) is 6.08 Å². The molecule has 12 heteroatoms. The Kier molecular flexibility index (Phi) is 5.31. The van der Waals surface area contributed by atoms with E-state index in [1.807, 2.05) is 0 Å². The average molecular weight is 408 g/mol. The predicted molar refractivity (Wildman–Crippen MR) is 81.5 cm³/mol. The van der Waals surface area contributed by atoms with Crippen LogP contribution >= 0.6 is 0 Å². The number of amides is 1. The third-order valence-corrected chi connectivity index (χ3v) is 4.41. The molecule has 0 radical (unpaired) electrons. The Labute approximate surface area is 154 Å². The van der Waals surface area contributed by atoms with Gasteiger partial charge in [0.25, 0.3) is 0 Å². The van der Waals surface area contributed by atoms with Crippen LogP contribution in [-0.4, -0.2) is 44.1 Å². The Balaban J connectivity index is 1.61. The molecule has 28 heavy (non-hydrogen) atoms. The first-order valence-electron chi connectivity index (χ1n) is 8.23. The van der Waals surface area contributed by atoms with Crippen molar-refractivity contribution < 1.29 is 35.9 Å². The van der Waals surface area contributed by atoms with E-state index >= 15 is 0 Å². The van der Waals surface area contributed by atoms with Gasteiger partial charge in [-0.1, -0.05) is 0 Å². The number of aromatic nitrogens is 3. The van der Waals surface area contributed by atoms with E-state index < -0.39 is 60.8 Å². The van der Waals surface area contributed by atoms with Gasteiger partial charge in [0.2, 0.25) is 11.7 Å². The quantitative estimate of drug-likeness (QED) is 0.568. The van der Waals surface area contributed by atoms with Crippen molar-refractivity contribution in [3.8, 4) is 0 Å². The summed E-state index contributed by atoms with van der Waals surface area (Å²) in [5.41, 5.74) is -0.322. The van der Waals surface area contributed by atoms with Gasteiger partial charge in [0, 0.05) is 25.9 Å². The van der Waals surface area contributed by atoms with Crippen LogP contribution in [0.5, 0.6) is 0 Å². The summed E-state index contributed by atoms with van der Waals surface area (Å²) in [6, 6.07) is 0. The maximum atomic E-state index is 13.7. The molecule has 0 saturated carbocycles. The van der Waals surface area contributed by atoms with Crippen LogP contribution in [0.25, 0.3) is 0 Å². The molecule has 2 heterocycles. The molecule has 3 rings (SSSR count). The number of carbonyl (C=O) groups is 2. The number of Topliss-reactive ketones (excluding diaryl/α,β-unsaturated/α-hetero) is 1. The fourth-order valence-electron chi connectivity index (χ4n) is 3.00. The number of nitrogens with zero attached hydrogens (tertiary/aromatic N) is 4. The minimum Gasteiger partial charge on any atom is -0.333 e. The number of halogens is 6. The van der Waals surface area contributed by atoms with E-state index in [1.165, 1.54) is 0 Å². The molecule has 0 aromatic carbocycles. The van der Waals surface area contributed by atoms with Gasteiger partial charge < -0.3 is 9.47 Å².